The number of H-pyrrole nitrogens is 1. The average Bonchev–Trinajstić information content (AvgIpc) is 3.04. The predicted octanol–water partition coefficient (Wildman–Crippen LogP) is 3.96. The number of rotatable bonds is 6. The molecule has 5 nitrogen and oxygen atoms in total. The molecule has 3 aromatic rings. The molecular weight excluding hydrogens is 372 g/mol. The molecule has 0 atom stereocenters. The van der Waals surface area contributed by atoms with Crippen LogP contribution in [-0.4, -0.2) is 40.6 Å². The molecule has 0 bridgehead atoms. The minimum atomic E-state index is -0.456. The van der Waals surface area contributed by atoms with Gasteiger partial charge in [-0.15, -0.1) is 0 Å². The first kappa shape index (κ1) is 18.8. The van der Waals surface area contributed by atoms with Crippen LogP contribution in [-0.2, 0) is 0 Å². The first-order chi connectivity index (χ1) is 13.0. The Balaban J connectivity index is 1.71. The first-order valence-corrected chi connectivity index (χ1v) is 8.57. The highest BCUT2D eigenvalue weighted by Crippen LogP contribution is 2.17. The Morgan fingerprint density at radius 3 is 2.59 bits per heavy atom. The molecule has 0 aliphatic rings. The summed E-state index contributed by atoms with van der Waals surface area (Å²) in [5, 5.41) is 0. The number of aromatic amines is 1. The minimum Gasteiger partial charge on any atom is -0.489 e. The molecule has 1 amide bonds. The Labute approximate surface area is 159 Å². The van der Waals surface area contributed by atoms with Crippen LogP contribution in [0.4, 0.5) is 8.78 Å². The lowest BCUT2D eigenvalue weighted by Gasteiger charge is -2.18. The van der Waals surface area contributed by atoms with Crippen molar-refractivity contribution in [3.8, 4) is 11.4 Å². The van der Waals surface area contributed by atoms with E-state index in [1.54, 1.807) is 19.2 Å². The fraction of sp³-hybridized carbons (Fsp3) is 0.158. The number of aromatic nitrogens is 2. The lowest BCUT2D eigenvalue weighted by atomic mass is 10.3. The number of benzene rings is 2. The maximum Gasteiger partial charge on any atom is 0.272 e. The van der Waals surface area contributed by atoms with Gasteiger partial charge in [0.2, 0.25) is 0 Å². The largest absolute Gasteiger partial charge is 0.489 e. The Morgan fingerprint density at radius 2 is 1.89 bits per heavy atom. The van der Waals surface area contributed by atoms with E-state index in [0.717, 1.165) is 0 Å². The fourth-order valence-corrected chi connectivity index (χ4v) is 2.79. The van der Waals surface area contributed by atoms with Crippen molar-refractivity contribution in [1.29, 1.82) is 0 Å². The SMILES string of the molecule is CN(CCOc1ccccc1F)C(=O)c1c[nH]c(=S)n1-c1ccc(F)cc1. The van der Waals surface area contributed by atoms with Crippen molar-refractivity contribution in [3.63, 3.8) is 0 Å². The molecule has 0 unspecified atom stereocenters. The normalized spacial score (nSPS) is 10.6. The van der Waals surface area contributed by atoms with Gasteiger partial charge in [-0.2, -0.15) is 0 Å². The summed E-state index contributed by atoms with van der Waals surface area (Å²) in [4.78, 5) is 17.0. The van der Waals surface area contributed by atoms with Gasteiger partial charge < -0.3 is 14.6 Å². The number of imidazole rings is 1. The molecule has 1 N–H and O–H groups in total. The average molecular weight is 389 g/mol. The van der Waals surface area contributed by atoms with Crippen molar-refractivity contribution < 1.29 is 18.3 Å². The van der Waals surface area contributed by atoms with Crippen LogP contribution in [0.5, 0.6) is 5.75 Å². The van der Waals surface area contributed by atoms with E-state index in [2.05, 4.69) is 4.98 Å². The quantitative estimate of drug-likeness (QED) is 0.649. The summed E-state index contributed by atoms with van der Waals surface area (Å²) >= 11 is 5.24. The van der Waals surface area contributed by atoms with E-state index in [9.17, 15) is 13.6 Å². The summed E-state index contributed by atoms with van der Waals surface area (Å²) in [6.07, 6.45) is 1.50. The number of carbonyl (C=O) groups is 1. The zero-order chi connectivity index (χ0) is 19.4. The van der Waals surface area contributed by atoms with Crippen LogP contribution in [0.2, 0.25) is 0 Å². The molecule has 1 heterocycles. The van der Waals surface area contributed by atoms with Gasteiger partial charge >= 0.3 is 0 Å². The molecule has 3 rings (SSSR count). The second-order valence-corrected chi connectivity index (χ2v) is 6.18. The molecule has 1 aromatic heterocycles. The van der Waals surface area contributed by atoms with Crippen LogP contribution in [0.1, 0.15) is 10.5 Å². The molecule has 0 radical (unpaired) electrons. The van der Waals surface area contributed by atoms with Gasteiger partial charge in [0.15, 0.2) is 16.3 Å². The Bertz CT molecular complexity index is 999. The summed E-state index contributed by atoms with van der Waals surface area (Å²) in [5.74, 6) is -1.00. The van der Waals surface area contributed by atoms with Crippen LogP contribution in [0, 0.1) is 16.4 Å². The molecule has 140 valence electrons. The summed E-state index contributed by atoms with van der Waals surface area (Å²) < 4.78 is 34.0. The number of nitrogens with zero attached hydrogens (tertiary/aromatic N) is 2. The number of nitrogens with one attached hydrogen (secondary N) is 1. The third-order valence-electron chi connectivity index (χ3n) is 3.95. The van der Waals surface area contributed by atoms with Crippen LogP contribution in [0.3, 0.4) is 0 Å². The van der Waals surface area contributed by atoms with Gasteiger partial charge in [0, 0.05) is 18.9 Å². The number of carbonyl (C=O) groups excluding carboxylic acids is 1. The minimum absolute atomic E-state index is 0.130. The van der Waals surface area contributed by atoms with Gasteiger partial charge in [-0.05, 0) is 48.6 Å². The van der Waals surface area contributed by atoms with Crippen LogP contribution in [0.15, 0.2) is 54.7 Å². The highest BCUT2D eigenvalue weighted by Gasteiger charge is 2.18. The van der Waals surface area contributed by atoms with Crippen LogP contribution >= 0.6 is 12.2 Å². The molecule has 0 spiro atoms. The smallest absolute Gasteiger partial charge is 0.272 e. The topological polar surface area (TPSA) is 50.3 Å². The van der Waals surface area contributed by atoms with E-state index >= 15 is 0 Å². The first-order valence-electron chi connectivity index (χ1n) is 8.16. The summed E-state index contributed by atoms with van der Waals surface area (Å²) in [5.41, 5.74) is 0.877. The van der Waals surface area contributed by atoms with Crippen molar-refractivity contribution in [2.24, 2.45) is 0 Å². The highest BCUT2D eigenvalue weighted by atomic mass is 32.1. The third kappa shape index (κ3) is 4.22. The van der Waals surface area contributed by atoms with Gasteiger partial charge in [0.1, 0.15) is 18.1 Å². The molecule has 2 aromatic carbocycles. The highest BCUT2D eigenvalue weighted by molar-refractivity contribution is 7.71. The maximum atomic E-state index is 13.6. The monoisotopic (exact) mass is 389 g/mol. The molecule has 0 aliphatic carbocycles. The second-order valence-electron chi connectivity index (χ2n) is 5.80. The van der Waals surface area contributed by atoms with E-state index < -0.39 is 5.82 Å². The van der Waals surface area contributed by atoms with Crippen molar-refractivity contribution in [1.82, 2.24) is 14.5 Å². The zero-order valence-corrected chi connectivity index (χ0v) is 15.3. The van der Waals surface area contributed by atoms with Crippen LogP contribution < -0.4 is 4.74 Å². The zero-order valence-electron chi connectivity index (χ0n) is 14.5. The van der Waals surface area contributed by atoms with Gasteiger partial charge in [-0.1, -0.05) is 12.1 Å². The molecule has 8 heteroatoms. The Morgan fingerprint density at radius 1 is 1.19 bits per heavy atom. The van der Waals surface area contributed by atoms with E-state index in [4.69, 9.17) is 17.0 Å². The van der Waals surface area contributed by atoms with Gasteiger partial charge in [0.05, 0.1) is 6.54 Å². The summed E-state index contributed by atoms with van der Waals surface area (Å²) in [6, 6.07) is 11.7. The number of hydrogen-bond acceptors (Lipinski definition) is 3. The van der Waals surface area contributed by atoms with Crippen LogP contribution in [0.25, 0.3) is 5.69 Å². The Hall–Kier alpha value is -3.00. The standard InChI is InChI=1S/C19H17F2N3O2S/c1-23(10-11-26-17-5-3-2-4-15(17)21)18(25)16-12-22-19(27)24(16)14-8-6-13(20)7-9-14/h2-9,12H,10-11H2,1H3,(H,22,27). The number of hydrogen-bond donors (Lipinski definition) is 1. The lowest BCUT2D eigenvalue weighted by molar-refractivity contribution is 0.0765. The summed E-state index contributed by atoms with van der Waals surface area (Å²) in [7, 11) is 1.61. The predicted molar refractivity (Wildman–Crippen MR) is 99.8 cm³/mol. The van der Waals surface area contributed by atoms with Gasteiger partial charge in [-0.25, -0.2) is 8.78 Å². The maximum absolute atomic E-state index is 13.6. The van der Waals surface area contributed by atoms with Crippen molar-refractivity contribution in [2.75, 3.05) is 20.2 Å². The number of para-hydroxylation sites is 1. The number of halogens is 2. The van der Waals surface area contributed by atoms with E-state index in [-0.39, 0.29) is 30.6 Å². The number of likely N-dealkylation sites (N-methyl/N-ethyl adjacent to an activating group) is 1. The lowest BCUT2D eigenvalue weighted by Crippen LogP contribution is -2.32. The van der Waals surface area contributed by atoms with E-state index in [1.807, 2.05) is 0 Å². The molecule has 0 fully saturated rings. The van der Waals surface area contributed by atoms with Crippen molar-refractivity contribution in [3.05, 3.63) is 76.8 Å². The summed E-state index contributed by atoms with van der Waals surface area (Å²) in [6.45, 7) is 0.374. The van der Waals surface area contributed by atoms with Gasteiger partial charge in [0.25, 0.3) is 5.91 Å². The molecule has 0 saturated carbocycles. The number of ether oxygens (including phenoxy) is 1. The fourth-order valence-electron chi connectivity index (χ4n) is 2.52. The van der Waals surface area contributed by atoms with E-state index in [1.165, 1.54) is 52.1 Å². The van der Waals surface area contributed by atoms with Crippen molar-refractivity contribution in [2.45, 2.75) is 0 Å². The molecule has 0 saturated heterocycles. The third-order valence-corrected chi connectivity index (χ3v) is 4.25. The molecule has 0 aliphatic heterocycles. The molecular formula is C19H17F2N3O2S. The molecule has 27 heavy (non-hydrogen) atoms. The van der Waals surface area contributed by atoms with Crippen molar-refractivity contribution >= 4 is 18.1 Å². The Kier molecular flexibility index (Phi) is 5.66. The number of amides is 1. The van der Waals surface area contributed by atoms with E-state index in [0.29, 0.717) is 16.2 Å². The van der Waals surface area contributed by atoms with Gasteiger partial charge in [-0.3, -0.25) is 9.36 Å². The second kappa shape index (κ2) is 8.13.